The van der Waals surface area contributed by atoms with E-state index in [1.54, 1.807) is 18.0 Å². The van der Waals surface area contributed by atoms with Crippen LogP contribution in [0.1, 0.15) is 23.6 Å². The van der Waals surface area contributed by atoms with Gasteiger partial charge in [-0.2, -0.15) is 5.10 Å². The van der Waals surface area contributed by atoms with Gasteiger partial charge in [-0.1, -0.05) is 18.2 Å². The van der Waals surface area contributed by atoms with Gasteiger partial charge in [0.25, 0.3) is 0 Å². The molecule has 1 fully saturated rings. The molecule has 2 aromatic rings. The molecule has 1 aromatic carbocycles. The van der Waals surface area contributed by atoms with Gasteiger partial charge in [0, 0.05) is 44.7 Å². The van der Waals surface area contributed by atoms with Crippen molar-refractivity contribution in [1.29, 1.82) is 0 Å². The fraction of sp³-hybridized carbons (Fsp3) is 0.476. The largest absolute Gasteiger partial charge is 0.383 e. The Labute approximate surface area is 170 Å². The molecule has 4 rings (SSSR count). The summed E-state index contributed by atoms with van der Waals surface area (Å²) < 4.78 is 6.83. The summed E-state index contributed by atoms with van der Waals surface area (Å²) in [6.45, 7) is 2.04. The second kappa shape index (κ2) is 7.61. The number of benzene rings is 1. The molecule has 1 aromatic heterocycles. The summed E-state index contributed by atoms with van der Waals surface area (Å²) >= 11 is 0. The number of carbonyl (C=O) groups excluding carboxylic acids is 2. The smallest absolute Gasteiger partial charge is 0.237 e. The fourth-order valence-electron chi connectivity index (χ4n) is 4.65. The number of likely N-dealkylation sites (tertiary alicyclic amines) is 1. The van der Waals surface area contributed by atoms with Gasteiger partial charge in [0.05, 0.1) is 25.4 Å². The van der Waals surface area contributed by atoms with E-state index in [-0.39, 0.29) is 24.4 Å². The van der Waals surface area contributed by atoms with Crippen molar-refractivity contribution in [2.24, 2.45) is 7.05 Å². The number of amides is 2. The van der Waals surface area contributed by atoms with E-state index in [4.69, 9.17) is 4.74 Å². The minimum Gasteiger partial charge on any atom is -0.383 e. The van der Waals surface area contributed by atoms with Crippen LogP contribution in [0.15, 0.2) is 36.7 Å². The van der Waals surface area contributed by atoms with Crippen molar-refractivity contribution in [2.45, 2.75) is 17.9 Å². The molecule has 8 heteroatoms. The van der Waals surface area contributed by atoms with Crippen LogP contribution in [0.25, 0.3) is 0 Å². The first kappa shape index (κ1) is 19.6. The molecule has 0 unspecified atom stereocenters. The Balaban J connectivity index is 1.71. The number of hydrogen-bond acceptors (Lipinski definition) is 5. The Morgan fingerprint density at radius 1 is 1.41 bits per heavy atom. The minimum absolute atomic E-state index is 0.00603. The monoisotopic (exact) mass is 397 g/mol. The van der Waals surface area contributed by atoms with Crippen molar-refractivity contribution in [3.8, 4) is 0 Å². The molecule has 2 atom stereocenters. The number of likely N-dealkylation sites (N-methyl/N-ethyl adjacent to an activating group) is 1. The van der Waals surface area contributed by atoms with Crippen LogP contribution in [0.2, 0.25) is 0 Å². The maximum atomic E-state index is 13.3. The molecule has 0 bridgehead atoms. The van der Waals surface area contributed by atoms with Crippen molar-refractivity contribution >= 4 is 17.5 Å². The van der Waals surface area contributed by atoms with Crippen molar-refractivity contribution in [3.05, 3.63) is 47.8 Å². The van der Waals surface area contributed by atoms with E-state index in [2.05, 4.69) is 10.4 Å². The first-order valence-corrected chi connectivity index (χ1v) is 9.84. The molecule has 2 aliphatic rings. The number of ether oxygens (including phenoxy) is 1. The number of anilines is 1. The number of nitrogens with one attached hydrogen (secondary N) is 1. The highest BCUT2D eigenvalue weighted by Gasteiger charge is 2.59. The summed E-state index contributed by atoms with van der Waals surface area (Å²) in [7, 11) is 5.40. The van der Waals surface area contributed by atoms with Crippen molar-refractivity contribution in [2.75, 3.05) is 45.7 Å². The molecule has 2 amide bonds. The molecular formula is C21H27N5O3. The SMILES string of the molecule is COCCN(C)CC(=O)N1CC[C@]2(C(=O)Nc3ccccc32)[C@@H]1c1cnn(C)c1. The van der Waals surface area contributed by atoms with Gasteiger partial charge in [-0.25, -0.2) is 0 Å². The van der Waals surface area contributed by atoms with Crippen molar-refractivity contribution in [3.63, 3.8) is 0 Å². The van der Waals surface area contributed by atoms with Crippen LogP contribution in [-0.2, 0) is 26.8 Å². The lowest BCUT2D eigenvalue weighted by molar-refractivity contribution is -0.134. The number of rotatable bonds is 6. The Morgan fingerprint density at radius 2 is 2.21 bits per heavy atom. The predicted molar refractivity (Wildman–Crippen MR) is 108 cm³/mol. The molecule has 0 radical (unpaired) electrons. The van der Waals surface area contributed by atoms with Crippen LogP contribution in [-0.4, -0.2) is 71.8 Å². The number of carbonyl (C=O) groups is 2. The summed E-state index contributed by atoms with van der Waals surface area (Å²) in [6, 6.07) is 7.40. The van der Waals surface area contributed by atoms with E-state index in [0.29, 0.717) is 26.1 Å². The van der Waals surface area contributed by atoms with E-state index < -0.39 is 5.41 Å². The third-order valence-corrected chi connectivity index (χ3v) is 6.03. The third kappa shape index (κ3) is 3.22. The van der Waals surface area contributed by atoms with Crippen LogP contribution in [0.3, 0.4) is 0 Å². The van der Waals surface area contributed by atoms with Crippen LogP contribution < -0.4 is 5.32 Å². The highest BCUT2D eigenvalue weighted by molar-refractivity contribution is 6.07. The zero-order chi connectivity index (χ0) is 20.6. The highest BCUT2D eigenvalue weighted by Crippen LogP contribution is 2.54. The van der Waals surface area contributed by atoms with Crippen LogP contribution in [0.4, 0.5) is 5.69 Å². The summed E-state index contributed by atoms with van der Waals surface area (Å²) in [6.07, 6.45) is 4.25. The Morgan fingerprint density at radius 3 is 2.93 bits per heavy atom. The molecule has 1 N–H and O–H groups in total. The first-order chi connectivity index (χ1) is 14.0. The molecule has 154 valence electrons. The molecule has 0 saturated carbocycles. The van der Waals surface area contributed by atoms with E-state index in [9.17, 15) is 9.59 Å². The Hall–Kier alpha value is -2.71. The molecule has 3 heterocycles. The number of hydrogen-bond donors (Lipinski definition) is 1. The number of nitrogens with zero attached hydrogens (tertiary/aromatic N) is 4. The summed E-state index contributed by atoms with van der Waals surface area (Å²) in [5.41, 5.74) is 1.88. The van der Waals surface area contributed by atoms with E-state index >= 15 is 0 Å². The Kier molecular flexibility index (Phi) is 5.14. The van der Waals surface area contributed by atoms with Gasteiger partial charge in [0.15, 0.2) is 0 Å². The lowest BCUT2D eigenvalue weighted by atomic mass is 9.73. The van der Waals surface area contributed by atoms with Crippen LogP contribution in [0.5, 0.6) is 0 Å². The summed E-state index contributed by atoms with van der Waals surface area (Å²) in [4.78, 5) is 30.3. The number of methoxy groups -OCH3 is 1. The van der Waals surface area contributed by atoms with Crippen molar-refractivity contribution < 1.29 is 14.3 Å². The number of aromatic nitrogens is 2. The van der Waals surface area contributed by atoms with Gasteiger partial charge in [0.1, 0.15) is 5.41 Å². The standard InChI is InChI=1S/C21H27N5O3/c1-24(10-11-29-3)14-18(27)26-9-8-21(19(26)15-12-22-25(2)13-15)16-6-4-5-7-17(16)23-20(21)28/h4-7,12-13,19H,8-11,14H2,1-3H3,(H,23,28)/t19-,21+/m0/s1. The minimum atomic E-state index is -0.791. The first-order valence-electron chi connectivity index (χ1n) is 9.84. The molecule has 1 saturated heterocycles. The topological polar surface area (TPSA) is 79.7 Å². The summed E-state index contributed by atoms with van der Waals surface area (Å²) in [5, 5.41) is 7.35. The van der Waals surface area contributed by atoms with Crippen molar-refractivity contribution in [1.82, 2.24) is 19.6 Å². The normalized spacial score (nSPS) is 23.1. The predicted octanol–water partition coefficient (Wildman–Crippen LogP) is 1.16. The second-order valence-corrected chi connectivity index (χ2v) is 7.89. The number of fused-ring (bicyclic) bond motifs is 2. The van der Waals surface area contributed by atoms with E-state index in [1.165, 1.54) is 0 Å². The van der Waals surface area contributed by atoms with E-state index in [0.717, 1.165) is 16.8 Å². The average molecular weight is 397 g/mol. The fourth-order valence-corrected chi connectivity index (χ4v) is 4.65. The molecule has 0 aliphatic carbocycles. The molecular weight excluding hydrogens is 370 g/mol. The van der Waals surface area contributed by atoms with Gasteiger partial charge < -0.3 is 15.0 Å². The van der Waals surface area contributed by atoms with Gasteiger partial charge in [-0.15, -0.1) is 0 Å². The number of para-hydroxylation sites is 1. The average Bonchev–Trinajstić information content (AvgIpc) is 3.37. The quantitative estimate of drug-likeness (QED) is 0.791. The highest BCUT2D eigenvalue weighted by atomic mass is 16.5. The van der Waals surface area contributed by atoms with Crippen LogP contribution >= 0.6 is 0 Å². The molecule has 8 nitrogen and oxygen atoms in total. The lowest BCUT2D eigenvalue weighted by Crippen LogP contribution is -2.45. The number of aryl methyl sites for hydroxylation is 1. The lowest BCUT2D eigenvalue weighted by Gasteiger charge is -2.34. The zero-order valence-electron chi connectivity index (χ0n) is 17.1. The maximum Gasteiger partial charge on any atom is 0.237 e. The second-order valence-electron chi connectivity index (χ2n) is 7.89. The molecule has 1 spiro atoms. The van der Waals surface area contributed by atoms with Gasteiger partial charge >= 0.3 is 0 Å². The zero-order valence-corrected chi connectivity index (χ0v) is 17.1. The summed E-state index contributed by atoms with van der Waals surface area (Å²) in [5.74, 6) is -0.0397. The molecule has 2 aliphatic heterocycles. The van der Waals surface area contributed by atoms with Gasteiger partial charge in [-0.05, 0) is 25.1 Å². The Bertz CT molecular complexity index is 927. The third-order valence-electron chi connectivity index (χ3n) is 6.03. The van der Waals surface area contributed by atoms with Gasteiger partial charge in [0.2, 0.25) is 11.8 Å². The maximum absolute atomic E-state index is 13.3. The molecule has 29 heavy (non-hydrogen) atoms. The van der Waals surface area contributed by atoms with Gasteiger partial charge in [-0.3, -0.25) is 19.2 Å². The van der Waals surface area contributed by atoms with Crippen LogP contribution in [0, 0.1) is 0 Å². The van der Waals surface area contributed by atoms with E-state index in [1.807, 2.05) is 54.4 Å².